The number of esters is 2. The normalized spacial score (nSPS) is 21.4. The lowest BCUT2D eigenvalue weighted by atomic mass is 9.82. The topological polar surface area (TPSA) is 85.5 Å². The molecule has 9 heteroatoms. The van der Waals surface area contributed by atoms with Crippen molar-refractivity contribution in [2.24, 2.45) is 5.92 Å². The van der Waals surface area contributed by atoms with E-state index in [1.54, 1.807) is 38.1 Å². The molecule has 0 spiro atoms. The molecule has 1 N–H and O–H groups in total. The molecule has 3 rings (SSSR count). The molecular weight excluding hydrogens is 410 g/mol. The van der Waals surface area contributed by atoms with E-state index in [1.807, 2.05) is 0 Å². The fourth-order valence-corrected chi connectivity index (χ4v) is 5.70. The van der Waals surface area contributed by atoms with Gasteiger partial charge in [0.15, 0.2) is 0 Å². The minimum Gasteiger partial charge on any atom is -0.466 e. The fourth-order valence-electron chi connectivity index (χ4n) is 3.10. The Morgan fingerprint density at radius 2 is 1.74 bits per heavy atom. The maximum absolute atomic E-state index is 12.8. The Balaban J connectivity index is 2.15. The van der Waals surface area contributed by atoms with Crippen LogP contribution in [0.3, 0.4) is 0 Å². The van der Waals surface area contributed by atoms with E-state index in [1.165, 1.54) is 0 Å². The minimum absolute atomic E-state index is 0.194. The van der Waals surface area contributed by atoms with Crippen LogP contribution in [0.15, 0.2) is 34.1 Å². The first-order valence-electron chi connectivity index (χ1n) is 8.44. The lowest BCUT2D eigenvalue weighted by molar-refractivity contribution is -0.154. The van der Waals surface area contributed by atoms with Crippen molar-refractivity contribution in [3.8, 4) is 0 Å². The Morgan fingerprint density at radius 3 is 2.37 bits per heavy atom. The molecule has 2 aromatic rings. The number of halogens is 1. The summed E-state index contributed by atoms with van der Waals surface area (Å²) >= 11 is 8.18. The Labute approximate surface area is 169 Å². The number of aromatic nitrogens is 1. The van der Waals surface area contributed by atoms with Crippen molar-refractivity contribution in [2.75, 3.05) is 13.2 Å². The second-order valence-electron chi connectivity index (χ2n) is 5.81. The molecule has 0 aliphatic carbocycles. The maximum Gasteiger partial charge on any atom is 0.320 e. The summed E-state index contributed by atoms with van der Waals surface area (Å²) in [5.41, 5.74) is 0.781. The molecule has 2 heterocycles. The van der Waals surface area contributed by atoms with Gasteiger partial charge in [-0.15, -0.1) is 0 Å². The van der Waals surface area contributed by atoms with Gasteiger partial charge in [0.2, 0.25) is 0 Å². The molecule has 1 aliphatic rings. The summed E-state index contributed by atoms with van der Waals surface area (Å²) in [5, 5.41) is 0.326. The number of fused-ring (bicyclic) bond motifs is 1. The summed E-state index contributed by atoms with van der Waals surface area (Å²) in [6.07, 6.45) is 0. The molecule has 1 aromatic carbocycles. The van der Waals surface area contributed by atoms with Crippen LogP contribution in [0.1, 0.15) is 30.2 Å². The molecule has 0 saturated carbocycles. The third kappa shape index (κ3) is 4.07. The van der Waals surface area contributed by atoms with E-state index in [0.29, 0.717) is 14.9 Å². The lowest BCUT2D eigenvalue weighted by Gasteiger charge is -2.34. The number of thioether (sulfide) groups is 1. The van der Waals surface area contributed by atoms with Gasteiger partial charge in [-0.25, -0.2) is 0 Å². The third-order valence-electron chi connectivity index (χ3n) is 4.16. The molecule has 0 amide bonds. The van der Waals surface area contributed by atoms with Gasteiger partial charge in [0, 0.05) is 15.8 Å². The SMILES string of the molecule is CCOC(=O)[C@@H]1[C@@H](c2ccc(Cl)cc2)c2sc(=O)[nH]c2S[C@@H]1C(=O)OCC. The molecule has 0 saturated heterocycles. The first kappa shape index (κ1) is 20.0. The number of thiazole rings is 1. The molecule has 144 valence electrons. The Bertz CT molecular complexity index is 892. The summed E-state index contributed by atoms with van der Waals surface area (Å²) in [6.45, 7) is 3.81. The number of aromatic amines is 1. The van der Waals surface area contributed by atoms with Crippen molar-refractivity contribution in [3.05, 3.63) is 49.4 Å². The van der Waals surface area contributed by atoms with E-state index in [9.17, 15) is 14.4 Å². The molecule has 1 aromatic heterocycles. The quantitative estimate of drug-likeness (QED) is 0.735. The van der Waals surface area contributed by atoms with Crippen LogP contribution >= 0.6 is 34.7 Å². The summed E-state index contributed by atoms with van der Waals surface area (Å²) in [6, 6.07) is 7.03. The third-order valence-corrected chi connectivity index (χ3v) is 6.81. The number of carbonyl (C=O) groups is 2. The van der Waals surface area contributed by atoms with Crippen LogP contribution in [0.5, 0.6) is 0 Å². The molecule has 0 radical (unpaired) electrons. The van der Waals surface area contributed by atoms with E-state index in [4.69, 9.17) is 21.1 Å². The fraction of sp³-hybridized carbons (Fsp3) is 0.389. The van der Waals surface area contributed by atoms with Gasteiger partial charge in [0.05, 0.1) is 24.2 Å². The number of carbonyl (C=O) groups excluding carboxylic acids is 2. The maximum atomic E-state index is 12.8. The lowest BCUT2D eigenvalue weighted by Crippen LogP contribution is -2.41. The van der Waals surface area contributed by atoms with Gasteiger partial charge >= 0.3 is 16.8 Å². The summed E-state index contributed by atoms with van der Waals surface area (Å²) < 4.78 is 10.5. The average Bonchev–Trinajstić information content (AvgIpc) is 3.01. The summed E-state index contributed by atoms with van der Waals surface area (Å²) in [5.74, 6) is -2.31. The van der Waals surface area contributed by atoms with Crippen LogP contribution < -0.4 is 4.87 Å². The van der Waals surface area contributed by atoms with Crippen LogP contribution in [0.4, 0.5) is 0 Å². The minimum atomic E-state index is -0.817. The first-order chi connectivity index (χ1) is 13.0. The van der Waals surface area contributed by atoms with Crippen LogP contribution in [0.2, 0.25) is 5.02 Å². The molecular formula is C18H18ClNO5S2. The smallest absolute Gasteiger partial charge is 0.320 e. The first-order valence-corrected chi connectivity index (χ1v) is 10.5. The zero-order chi connectivity index (χ0) is 19.6. The highest BCUT2D eigenvalue weighted by Gasteiger charge is 2.49. The Morgan fingerprint density at radius 1 is 1.11 bits per heavy atom. The number of nitrogens with one attached hydrogen (secondary N) is 1. The monoisotopic (exact) mass is 427 g/mol. The van der Waals surface area contributed by atoms with Crippen molar-refractivity contribution in [3.63, 3.8) is 0 Å². The van der Waals surface area contributed by atoms with Crippen LogP contribution in [0.25, 0.3) is 0 Å². The van der Waals surface area contributed by atoms with Gasteiger partial charge in [-0.2, -0.15) is 0 Å². The summed E-state index contributed by atoms with van der Waals surface area (Å²) in [7, 11) is 0. The number of ether oxygens (including phenoxy) is 2. The number of benzene rings is 1. The zero-order valence-corrected chi connectivity index (χ0v) is 17.1. The molecule has 0 bridgehead atoms. The van der Waals surface area contributed by atoms with Gasteiger partial charge in [0.25, 0.3) is 0 Å². The van der Waals surface area contributed by atoms with Gasteiger partial charge in [0.1, 0.15) is 5.25 Å². The molecule has 27 heavy (non-hydrogen) atoms. The number of rotatable bonds is 5. The summed E-state index contributed by atoms with van der Waals surface area (Å²) in [4.78, 5) is 40.7. The van der Waals surface area contributed by atoms with Gasteiger partial charge in [-0.05, 0) is 31.5 Å². The van der Waals surface area contributed by atoms with Crippen molar-refractivity contribution in [1.29, 1.82) is 0 Å². The predicted molar refractivity (Wildman–Crippen MR) is 105 cm³/mol. The number of hydrogen-bond acceptors (Lipinski definition) is 7. The predicted octanol–water partition coefficient (Wildman–Crippen LogP) is 3.44. The van der Waals surface area contributed by atoms with Crippen molar-refractivity contribution >= 4 is 46.6 Å². The standard InChI is InChI=1S/C18H18ClNO5S2/c1-3-24-16(21)12-11(9-5-7-10(19)8-6-9)13-15(20-18(23)27-13)26-14(12)17(22)25-4-2/h5-8,11-12,14H,3-4H2,1-2H3,(H,20,23)/t11-,12-,14+/m1/s1. The van der Waals surface area contributed by atoms with Crippen LogP contribution in [-0.4, -0.2) is 35.4 Å². The number of hydrogen-bond donors (Lipinski definition) is 1. The second kappa shape index (κ2) is 8.50. The van der Waals surface area contributed by atoms with Crippen molar-refractivity contribution < 1.29 is 19.1 Å². The Kier molecular flexibility index (Phi) is 6.29. The van der Waals surface area contributed by atoms with E-state index < -0.39 is 29.0 Å². The van der Waals surface area contributed by atoms with E-state index in [0.717, 1.165) is 28.7 Å². The Hall–Kier alpha value is -1.77. The molecule has 0 unspecified atom stereocenters. The van der Waals surface area contributed by atoms with Crippen LogP contribution in [0, 0.1) is 5.92 Å². The van der Waals surface area contributed by atoms with Gasteiger partial charge in [-0.3, -0.25) is 14.4 Å². The second-order valence-corrected chi connectivity index (χ2v) is 8.41. The highest BCUT2D eigenvalue weighted by molar-refractivity contribution is 8.00. The molecule has 6 nitrogen and oxygen atoms in total. The highest BCUT2D eigenvalue weighted by Crippen LogP contribution is 2.49. The molecule has 3 atom stereocenters. The van der Waals surface area contributed by atoms with Crippen molar-refractivity contribution in [1.82, 2.24) is 4.98 Å². The highest BCUT2D eigenvalue weighted by atomic mass is 35.5. The van der Waals surface area contributed by atoms with Gasteiger partial charge < -0.3 is 14.5 Å². The van der Waals surface area contributed by atoms with E-state index in [-0.39, 0.29) is 18.1 Å². The van der Waals surface area contributed by atoms with E-state index >= 15 is 0 Å². The number of H-pyrrole nitrogens is 1. The average molecular weight is 428 g/mol. The van der Waals surface area contributed by atoms with E-state index in [2.05, 4.69) is 4.98 Å². The zero-order valence-electron chi connectivity index (χ0n) is 14.7. The molecule has 1 aliphatic heterocycles. The van der Waals surface area contributed by atoms with Crippen molar-refractivity contribution in [2.45, 2.75) is 30.0 Å². The largest absolute Gasteiger partial charge is 0.466 e. The van der Waals surface area contributed by atoms with Crippen LogP contribution in [-0.2, 0) is 19.1 Å². The molecule has 0 fully saturated rings. The van der Waals surface area contributed by atoms with Gasteiger partial charge in [-0.1, -0.05) is 46.8 Å².